The van der Waals surface area contributed by atoms with Gasteiger partial charge in [-0.15, -0.1) is 0 Å². The highest BCUT2D eigenvalue weighted by atomic mass is 32.2. The van der Waals surface area contributed by atoms with E-state index in [2.05, 4.69) is 10.3 Å². The molecule has 1 heterocycles. The largest absolute Gasteiger partial charge is 0.350 e. The second-order valence-electron chi connectivity index (χ2n) is 5.84. The molecule has 0 saturated carbocycles. The van der Waals surface area contributed by atoms with Gasteiger partial charge in [-0.3, -0.25) is 9.78 Å². The summed E-state index contributed by atoms with van der Waals surface area (Å²) >= 11 is 0. The van der Waals surface area contributed by atoms with Crippen LogP contribution in [0.25, 0.3) is 0 Å². The van der Waals surface area contributed by atoms with E-state index in [-0.39, 0.29) is 11.4 Å². The lowest BCUT2D eigenvalue weighted by Crippen LogP contribution is -2.32. The normalized spacial score (nSPS) is 12.3. The number of nitrogens with one attached hydrogen (secondary N) is 1. The maximum absolute atomic E-state index is 13.2. The molecule has 1 N–H and O–H groups in total. The molecule has 1 unspecified atom stereocenters. The van der Waals surface area contributed by atoms with Gasteiger partial charge in [0.15, 0.2) is 9.84 Å². The molecule has 3 aromatic rings. The molecule has 5 nitrogen and oxygen atoms in total. The molecule has 0 aliphatic carbocycles. The molecule has 138 valence electrons. The average Bonchev–Trinajstić information content (AvgIpc) is 2.69. The lowest BCUT2D eigenvalue weighted by Gasteiger charge is -2.19. The van der Waals surface area contributed by atoms with E-state index in [1.54, 1.807) is 42.5 Å². The highest BCUT2D eigenvalue weighted by molar-refractivity contribution is 7.91. The summed E-state index contributed by atoms with van der Waals surface area (Å²) < 4.78 is 39.4. The number of pyridine rings is 1. The second-order valence-corrected chi connectivity index (χ2v) is 7.97. The van der Waals surface area contributed by atoms with Gasteiger partial charge in [0.05, 0.1) is 4.90 Å². The quantitative estimate of drug-likeness (QED) is 0.663. The molecule has 0 aliphatic rings. The Hall–Kier alpha value is -3.06. The van der Waals surface area contributed by atoms with Crippen LogP contribution in [0.3, 0.4) is 0 Å². The monoisotopic (exact) mass is 384 g/mol. The fraction of sp³-hybridized carbons (Fsp3) is 0.100. The zero-order valence-electron chi connectivity index (χ0n) is 14.2. The summed E-state index contributed by atoms with van der Waals surface area (Å²) in [6.45, 7) is -0.120. The van der Waals surface area contributed by atoms with E-state index in [1.165, 1.54) is 24.5 Å². The van der Waals surface area contributed by atoms with Gasteiger partial charge in [-0.2, -0.15) is 0 Å². The van der Waals surface area contributed by atoms with Crippen LogP contribution in [-0.2, 0) is 9.84 Å². The third-order valence-electron chi connectivity index (χ3n) is 4.08. The fourth-order valence-corrected chi connectivity index (χ4v) is 4.32. The van der Waals surface area contributed by atoms with Crippen LogP contribution in [0, 0.1) is 5.82 Å². The SMILES string of the molecule is O=C(NCC(c1ccccc1)S(=O)(=O)c1ccc(F)cc1)c1ccncc1. The van der Waals surface area contributed by atoms with Crippen molar-refractivity contribution in [2.24, 2.45) is 0 Å². The van der Waals surface area contributed by atoms with Gasteiger partial charge in [-0.05, 0) is 42.0 Å². The van der Waals surface area contributed by atoms with Crippen molar-refractivity contribution >= 4 is 15.7 Å². The van der Waals surface area contributed by atoms with Crippen LogP contribution in [0.2, 0.25) is 0 Å². The summed E-state index contributed by atoms with van der Waals surface area (Å²) in [6, 6.07) is 16.4. The van der Waals surface area contributed by atoms with Gasteiger partial charge in [-0.25, -0.2) is 12.8 Å². The van der Waals surface area contributed by atoms with Crippen molar-refractivity contribution in [2.75, 3.05) is 6.54 Å². The van der Waals surface area contributed by atoms with E-state index < -0.39 is 26.8 Å². The maximum atomic E-state index is 13.2. The maximum Gasteiger partial charge on any atom is 0.251 e. The number of amides is 1. The Labute approximate surface area is 156 Å². The van der Waals surface area contributed by atoms with Crippen molar-refractivity contribution < 1.29 is 17.6 Å². The summed E-state index contributed by atoms with van der Waals surface area (Å²) in [4.78, 5) is 16.2. The van der Waals surface area contributed by atoms with Crippen LogP contribution >= 0.6 is 0 Å². The van der Waals surface area contributed by atoms with Gasteiger partial charge in [0, 0.05) is 24.5 Å². The van der Waals surface area contributed by atoms with Gasteiger partial charge in [0.1, 0.15) is 11.1 Å². The van der Waals surface area contributed by atoms with E-state index in [9.17, 15) is 17.6 Å². The molecule has 1 atom stereocenters. The van der Waals surface area contributed by atoms with E-state index in [0.29, 0.717) is 11.1 Å². The minimum atomic E-state index is -3.84. The number of benzene rings is 2. The molecular formula is C20H17FN2O3S. The van der Waals surface area contributed by atoms with E-state index in [1.807, 2.05) is 0 Å². The minimum Gasteiger partial charge on any atom is -0.350 e. The molecule has 2 aromatic carbocycles. The van der Waals surface area contributed by atoms with Crippen LogP contribution in [-0.4, -0.2) is 25.9 Å². The number of carbonyl (C=O) groups is 1. The lowest BCUT2D eigenvalue weighted by molar-refractivity contribution is 0.0953. The van der Waals surface area contributed by atoms with E-state index in [0.717, 1.165) is 12.1 Å². The predicted octanol–water partition coefficient (Wildman–Crippen LogP) is 3.17. The van der Waals surface area contributed by atoms with E-state index >= 15 is 0 Å². The van der Waals surface area contributed by atoms with Crippen molar-refractivity contribution in [3.05, 3.63) is 96.1 Å². The average molecular weight is 384 g/mol. The van der Waals surface area contributed by atoms with Gasteiger partial charge >= 0.3 is 0 Å². The summed E-state index contributed by atoms with van der Waals surface area (Å²) in [5.74, 6) is -0.913. The van der Waals surface area contributed by atoms with Crippen molar-refractivity contribution in [3.8, 4) is 0 Å². The highest BCUT2D eigenvalue weighted by Crippen LogP contribution is 2.28. The first-order valence-electron chi connectivity index (χ1n) is 8.21. The third kappa shape index (κ3) is 4.38. The molecule has 7 heteroatoms. The Bertz CT molecular complexity index is 1010. The molecule has 0 bridgehead atoms. The minimum absolute atomic E-state index is 0.00378. The Morgan fingerprint density at radius 1 is 0.963 bits per heavy atom. The molecular weight excluding hydrogens is 367 g/mol. The van der Waals surface area contributed by atoms with E-state index in [4.69, 9.17) is 0 Å². The zero-order chi connectivity index (χ0) is 19.3. The Balaban J connectivity index is 1.90. The first-order valence-corrected chi connectivity index (χ1v) is 9.76. The van der Waals surface area contributed by atoms with Gasteiger partial charge in [0.25, 0.3) is 5.91 Å². The van der Waals surface area contributed by atoms with Crippen LogP contribution in [0.5, 0.6) is 0 Å². The summed E-state index contributed by atoms with van der Waals surface area (Å²) in [5, 5.41) is 1.66. The number of rotatable bonds is 6. The molecule has 0 saturated heterocycles. The Morgan fingerprint density at radius 3 is 2.22 bits per heavy atom. The topological polar surface area (TPSA) is 76.1 Å². The number of hydrogen-bond donors (Lipinski definition) is 1. The van der Waals surface area contributed by atoms with Crippen LogP contribution < -0.4 is 5.32 Å². The lowest BCUT2D eigenvalue weighted by atomic mass is 10.1. The molecule has 0 aliphatic heterocycles. The van der Waals surface area contributed by atoms with Crippen molar-refractivity contribution in [1.82, 2.24) is 10.3 Å². The summed E-state index contributed by atoms with van der Waals surface area (Å²) in [5.41, 5.74) is 0.924. The van der Waals surface area contributed by atoms with Gasteiger partial charge < -0.3 is 5.32 Å². The van der Waals surface area contributed by atoms with Gasteiger partial charge in [-0.1, -0.05) is 30.3 Å². The predicted molar refractivity (Wildman–Crippen MR) is 99.3 cm³/mol. The molecule has 0 spiro atoms. The van der Waals surface area contributed by atoms with Crippen LogP contribution in [0.15, 0.2) is 84.0 Å². The molecule has 1 amide bonds. The first kappa shape index (κ1) is 18.7. The standard InChI is InChI=1S/C20H17FN2O3S/c21-17-6-8-18(9-7-17)27(25,26)19(15-4-2-1-3-5-15)14-23-20(24)16-10-12-22-13-11-16/h1-13,19H,14H2,(H,23,24). The third-order valence-corrected chi connectivity index (χ3v) is 6.20. The van der Waals surface area contributed by atoms with Gasteiger partial charge in [0.2, 0.25) is 0 Å². The number of sulfone groups is 1. The first-order chi connectivity index (χ1) is 13.0. The molecule has 27 heavy (non-hydrogen) atoms. The number of aromatic nitrogens is 1. The second kappa shape index (κ2) is 8.09. The number of hydrogen-bond acceptors (Lipinski definition) is 4. The molecule has 0 radical (unpaired) electrons. The van der Waals surface area contributed by atoms with Crippen LogP contribution in [0.4, 0.5) is 4.39 Å². The molecule has 0 fully saturated rings. The fourth-order valence-electron chi connectivity index (χ4n) is 2.65. The molecule has 3 rings (SSSR count). The van der Waals surface area contributed by atoms with Crippen molar-refractivity contribution in [2.45, 2.75) is 10.1 Å². The Kier molecular flexibility index (Phi) is 5.61. The number of nitrogens with zero attached hydrogens (tertiary/aromatic N) is 1. The number of carbonyl (C=O) groups excluding carboxylic acids is 1. The molecule has 1 aromatic heterocycles. The smallest absolute Gasteiger partial charge is 0.251 e. The van der Waals surface area contributed by atoms with Crippen molar-refractivity contribution in [1.29, 1.82) is 0 Å². The zero-order valence-corrected chi connectivity index (χ0v) is 15.1. The highest BCUT2D eigenvalue weighted by Gasteiger charge is 2.29. The van der Waals surface area contributed by atoms with Crippen LogP contribution in [0.1, 0.15) is 21.2 Å². The summed E-state index contributed by atoms with van der Waals surface area (Å²) in [6.07, 6.45) is 2.97. The summed E-state index contributed by atoms with van der Waals surface area (Å²) in [7, 11) is -3.84. The number of halogens is 1. The Morgan fingerprint density at radius 2 is 1.59 bits per heavy atom. The van der Waals surface area contributed by atoms with Crippen molar-refractivity contribution in [3.63, 3.8) is 0 Å².